The number of benzene rings is 1. The molecule has 0 saturated carbocycles. The van der Waals surface area contributed by atoms with E-state index in [-0.39, 0.29) is 18.1 Å². The van der Waals surface area contributed by atoms with E-state index in [1.807, 2.05) is 0 Å². The lowest BCUT2D eigenvalue weighted by molar-refractivity contribution is -0.121. The second-order valence-electron chi connectivity index (χ2n) is 3.89. The highest BCUT2D eigenvalue weighted by Crippen LogP contribution is 2.14. The van der Waals surface area contributed by atoms with E-state index in [0.717, 1.165) is 6.07 Å². The van der Waals surface area contributed by atoms with Gasteiger partial charge in [-0.3, -0.25) is 4.79 Å². The van der Waals surface area contributed by atoms with E-state index in [4.69, 9.17) is 4.74 Å². The molecule has 1 saturated heterocycles. The van der Waals surface area contributed by atoms with Crippen LogP contribution in [-0.2, 0) is 4.79 Å². The van der Waals surface area contributed by atoms with Gasteiger partial charge in [-0.05, 0) is 18.6 Å². The van der Waals surface area contributed by atoms with Gasteiger partial charge in [0, 0.05) is 19.0 Å². The molecule has 1 fully saturated rings. The molecule has 2 rings (SSSR count). The molecule has 1 aromatic carbocycles. The van der Waals surface area contributed by atoms with Crippen LogP contribution in [0.1, 0.15) is 12.8 Å². The zero-order chi connectivity index (χ0) is 12.3. The molecule has 0 radical (unpaired) electrons. The highest BCUT2D eigenvalue weighted by Gasteiger charge is 2.22. The predicted octanol–water partition coefficient (Wildman–Crippen LogP) is 1.99. The van der Waals surface area contributed by atoms with Crippen molar-refractivity contribution in [3.63, 3.8) is 0 Å². The van der Waals surface area contributed by atoms with Crippen LogP contribution in [0.25, 0.3) is 0 Å². The largest absolute Gasteiger partial charge is 0.415 e. The molecule has 17 heavy (non-hydrogen) atoms. The Morgan fingerprint density at radius 1 is 1.41 bits per heavy atom. The molecule has 1 aliphatic heterocycles. The maximum Gasteiger partial charge on any atom is 0.415 e. The third kappa shape index (κ3) is 3.03. The first kappa shape index (κ1) is 11.6. The third-order valence-electron chi connectivity index (χ3n) is 2.51. The molecular formula is C12H12FNO3. The Bertz CT molecular complexity index is 447. The van der Waals surface area contributed by atoms with Gasteiger partial charge in [-0.15, -0.1) is 0 Å². The van der Waals surface area contributed by atoms with Gasteiger partial charge >= 0.3 is 6.09 Å². The molecule has 4 nitrogen and oxygen atoms in total. The van der Waals surface area contributed by atoms with Crippen LogP contribution in [0.5, 0.6) is 5.75 Å². The van der Waals surface area contributed by atoms with Gasteiger partial charge in [-0.1, -0.05) is 6.07 Å². The number of piperidine rings is 1. The number of halogens is 1. The predicted molar refractivity (Wildman–Crippen MR) is 58.2 cm³/mol. The van der Waals surface area contributed by atoms with Gasteiger partial charge in [-0.2, -0.15) is 0 Å². The fourth-order valence-corrected chi connectivity index (χ4v) is 1.69. The summed E-state index contributed by atoms with van der Waals surface area (Å²) < 4.78 is 17.8. The Balaban J connectivity index is 1.99. The number of carbonyl (C=O) groups is 2. The van der Waals surface area contributed by atoms with Crippen molar-refractivity contribution >= 4 is 11.9 Å². The van der Waals surface area contributed by atoms with Crippen molar-refractivity contribution in [2.45, 2.75) is 12.8 Å². The second-order valence-corrected chi connectivity index (χ2v) is 3.89. The van der Waals surface area contributed by atoms with Crippen LogP contribution in [-0.4, -0.2) is 29.9 Å². The quantitative estimate of drug-likeness (QED) is 0.750. The summed E-state index contributed by atoms with van der Waals surface area (Å²) in [5, 5.41) is 0. The summed E-state index contributed by atoms with van der Waals surface area (Å²) in [7, 11) is 0. The van der Waals surface area contributed by atoms with Gasteiger partial charge in [-0.25, -0.2) is 9.18 Å². The molecule has 1 aromatic rings. The Morgan fingerprint density at radius 3 is 2.94 bits per heavy atom. The fourth-order valence-electron chi connectivity index (χ4n) is 1.69. The van der Waals surface area contributed by atoms with Crippen molar-refractivity contribution in [1.82, 2.24) is 4.90 Å². The lowest BCUT2D eigenvalue weighted by Gasteiger charge is -2.24. The lowest BCUT2D eigenvalue weighted by atomic mass is 10.1. The van der Waals surface area contributed by atoms with Crippen LogP contribution in [0.3, 0.4) is 0 Å². The summed E-state index contributed by atoms with van der Waals surface area (Å²) in [5.41, 5.74) is 0. The zero-order valence-electron chi connectivity index (χ0n) is 9.19. The summed E-state index contributed by atoms with van der Waals surface area (Å²) >= 11 is 0. The van der Waals surface area contributed by atoms with E-state index in [2.05, 4.69) is 0 Å². The highest BCUT2D eigenvalue weighted by molar-refractivity contribution is 5.85. The van der Waals surface area contributed by atoms with Crippen LogP contribution in [0.2, 0.25) is 0 Å². The van der Waals surface area contributed by atoms with Crippen LogP contribution in [0.15, 0.2) is 24.3 Å². The number of Topliss-reactive ketones (excluding diaryl/α,β-unsaturated/α-hetero) is 1. The van der Waals surface area contributed by atoms with E-state index in [9.17, 15) is 14.0 Å². The molecule has 1 amide bonds. The van der Waals surface area contributed by atoms with Crippen LogP contribution in [0, 0.1) is 5.82 Å². The standard InChI is InChI=1S/C12H12FNO3/c13-9-3-1-5-11(7-9)17-12(16)14-6-2-4-10(15)8-14/h1,3,5,7H,2,4,6,8H2. The van der Waals surface area contributed by atoms with Gasteiger partial charge in [0.25, 0.3) is 0 Å². The SMILES string of the molecule is O=C1CCCN(C(=O)Oc2cccc(F)c2)C1. The molecule has 0 aliphatic carbocycles. The summed E-state index contributed by atoms with van der Waals surface area (Å²) in [6, 6.07) is 5.34. The first-order chi connectivity index (χ1) is 8.15. The number of rotatable bonds is 1. The minimum Gasteiger partial charge on any atom is -0.410 e. The maximum atomic E-state index is 12.9. The molecule has 1 aliphatic rings. The summed E-state index contributed by atoms with van der Waals surface area (Å²) in [4.78, 5) is 24.2. The van der Waals surface area contributed by atoms with Crippen LogP contribution in [0.4, 0.5) is 9.18 Å². The first-order valence-corrected chi connectivity index (χ1v) is 5.39. The van der Waals surface area contributed by atoms with Crippen LogP contribution < -0.4 is 4.74 Å². The number of carbonyl (C=O) groups excluding carboxylic acids is 2. The molecule has 5 heteroatoms. The van der Waals surface area contributed by atoms with Crippen LogP contribution >= 0.6 is 0 Å². The third-order valence-corrected chi connectivity index (χ3v) is 2.51. The van der Waals surface area contributed by atoms with E-state index < -0.39 is 11.9 Å². The molecule has 90 valence electrons. The van der Waals surface area contributed by atoms with Crippen molar-refractivity contribution in [2.24, 2.45) is 0 Å². The number of hydrogen-bond acceptors (Lipinski definition) is 3. The minimum atomic E-state index is -0.608. The number of ketones is 1. The molecule has 0 aromatic heterocycles. The number of nitrogens with zero attached hydrogens (tertiary/aromatic N) is 1. The first-order valence-electron chi connectivity index (χ1n) is 5.39. The number of likely N-dealkylation sites (tertiary alicyclic amines) is 1. The summed E-state index contributed by atoms with van der Waals surface area (Å²) in [6.07, 6.45) is 0.546. The summed E-state index contributed by atoms with van der Waals surface area (Å²) in [5.74, 6) is -0.300. The Morgan fingerprint density at radius 2 is 2.24 bits per heavy atom. The number of amides is 1. The average molecular weight is 237 g/mol. The van der Waals surface area contributed by atoms with E-state index in [0.29, 0.717) is 19.4 Å². The molecule has 0 spiro atoms. The van der Waals surface area contributed by atoms with E-state index in [1.54, 1.807) is 0 Å². The smallest absolute Gasteiger partial charge is 0.410 e. The van der Waals surface area contributed by atoms with Gasteiger partial charge in [0.1, 0.15) is 11.6 Å². The Labute approximate surface area is 98.0 Å². The van der Waals surface area contributed by atoms with Crippen molar-refractivity contribution < 1.29 is 18.7 Å². The summed E-state index contributed by atoms with van der Waals surface area (Å²) in [6.45, 7) is 0.577. The molecule has 0 N–H and O–H groups in total. The fraction of sp³-hybridized carbons (Fsp3) is 0.333. The van der Waals surface area contributed by atoms with Crippen molar-refractivity contribution in [3.8, 4) is 5.75 Å². The van der Waals surface area contributed by atoms with Crippen molar-refractivity contribution in [3.05, 3.63) is 30.1 Å². The number of hydrogen-bond donors (Lipinski definition) is 0. The highest BCUT2D eigenvalue weighted by atomic mass is 19.1. The van der Waals surface area contributed by atoms with Crippen molar-refractivity contribution in [2.75, 3.05) is 13.1 Å². The van der Waals surface area contributed by atoms with Gasteiger partial charge < -0.3 is 9.64 Å². The topological polar surface area (TPSA) is 46.6 Å². The second kappa shape index (κ2) is 4.95. The zero-order valence-corrected chi connectivity index (χ0v) is 9.19. The molecule has 0 unspecified atom stereocenters. The van der Waals surface area contributed by atoms with Crippen molar-refractivity contribution in [1.29, 1.82) is 0 Å². The molecule has 0 atom stereocenters. The maximum absolute atomic E-state index is 12.9. The van der Waals surface area contributed by atoms with Gasteiger partial charge in [0.15, 0.2) is 5.78 Å². The van der Waals surface area contributed by atoms with E-state index >= 15 is 0 Å². The Kier molecular flexibility index (Phi) is 3.37. The van der Waals surface area contributed by atoms with Gasteiger partial charge in [0.2, 0.25) is 0 Å². The normalized spacial score (nSPS) is 15.8. The Hall–Kier alpha value is -1.91. The monoisotopic (exact) mass is 237 g/mol. The molecular weight excluding hydrogens is 225 g/mol. The molecule has 1 heterocycles. The molecule has 0 bridgehead atoms. The van der Waals surface area contributed by atoms with Gasteiger partial charge in [0.05, 0.1) is 6.54 Å². The van der Waals surface area contributed by atoms with E-state index in [1.165, 1.54) is 23.1 Å². The minimum absolute atomic E-state index is 0.0208. The lowest BCUT2D eigenvalue weighted by Crippen LogP contribution is -2.41. The number of ether oxygens (including phenoxy) is 1. The average Bonchev–Trinajstić information content (AvgIpc) is 2.29.